The Morgan fingerprint density at radius 3 is 2.76 bits per heavy atom. The smallest absolute Gasteiger partial charge is 0.323 e. The molecule has 4 nitrogen and oxygen atoms in total. The molecule has 0 saturated carbocycles. The molecule has 0 amide bonds. The van der Waals surface area contributed by atoms with Crippen LogP contribution in [0.25, 0.3) is 0 Å². The van der Waals surface area contributed by atoms with Gasteiger partial charge < -0.3 is 14.7 Å². The second kappa shape index (κ2) is 5.87. The number of hydrogen-bond acceptors (Lipinski definition) is 3. The number of para-hydroxylation sites is 1. The first kappa shape index (κ1) is 13.5. The van der Waals surface area contributed by atoms with Gasteiger partial charge in [-0.3, -0.25) is 4.79 Å². The number of anilines is 1. The standard InChI is InChI=1S/C17H17NO3/c19-17(20)12-18(15-4-2-1-3-5-15)11-13-6-7-16-14(10-13)8-9-21-16/h1-7,10H,8-9,11-12H2,(H,19,20). The van der Waals surface area contributed by atoms with Crippen LogP contribution in [0.4, 0.5) is 5.69 Å². The summed E-state index contributed by atoms with van der Waals surface area (Å²) in [6.07, 6.45) is 0.924. The zero-order chi connectivity index (χ0) is 14.7. The van der Waals surface area contributed by atoms with Crippen molar-refractivity contribution in [1.29, 1.82) is 0 Å². The molecule has 0 fully saturated rings. The van der Waals surface area contributed by atoms with Gasteiger partial charge in [0.15, 0.2) is 0 Å². The van der Waals surface area contributed by atoms with Crippen molar-refractivity contribution in [1.82, 2.24) is 0 Å². The molecular formula is C17H17NO3. The quantitative estimate of drug-likeness (QED) is 0.916. The van der Waals surface area contributed by atoms with Crippen molar-refractivity contribution in [2.24, 2.45) is 0 Å². The number of carboxylic acid groups (broad SMARTS) is 1. The average Bonchev–Trinajstić information content (AvgIpc) is 2.94. The maximum atomic E-state index is 11.1. The zero-order valence-corrected chi connectivity index (χ0v) is 11.7. The summed E-state index contributed by atoms with van der Waals surface area (Å²) in [5.74, 6) is 0.117. The summed E-state index contributed by atoms with van der Waals surface area (Å²) in [6, 6.07) is 15.7. The van der Waals surface area contributed by atoms with Gasteiger partial charge in [0.1, 0.15) is 12.3 Å². The minimum atomic E-state index is -0.830. The second-order valence-corrected chi connectivity index (χ2v) is 5.13. The fraction of sp³-hybridized carbons (Fsp3) is 0.235. The van der Waals surface area contributed by atoms with Crippen molar-refractivity contribution >= 4 is 11.7 Å². The van der Waals surface area contributed by atoms with E-state index in [1.54, 1.807) is 0 Å². The molecule has 2 aromatic rings. The van der Waals surface area contributed by atoms with Gasteiger partial charge >= 0.3 is 5.97 Å². The molecule has 0 aromatic heterocycles. The summed E-state index contributed by atoms with van der Waals surface area (Å²) < 4.78 is 5.50. The van der Waals surface area contributed by atoms with Crippen LogP contribution in [0.5, 0.6) is 5.75 Å². The number of ether oxygens (including phenoxy) is 1. The van der Waals surface area contributed by atoms with Gasteiger partial charge in [0, 0.05) is 18.7 Å². The Hall–Kier alpha value is -2.49. The molecular weight excluding hydrogens is 266 g/mol. The van der Waals surface area contributed by atoms with Gasteiger partial charge in [-0.2, -0.15) is 0 Å². The van der Waals surface area contributed by atoms with E-state index in [0.717, 1.165) is 30.0 Å². The summed E-state index contributed by atoms with van der Waals surface area (Å²) >= 11 is 0. The average molecular weight is 283 g/mol. The Kier molecular flexibility index (Phi) is 3.77. The maximum Gasteiger partial charge on any atom is 0.323 e. The maximum absolute atomic E-state index is 11.1. The minimum Gasteiger partial charge on any atom is -0.493 e. The third-order valence-corrected chi connectivity index (χ3v) is 3.57. The number of aliphatic carboxylic acids is 1. The molecule has 0 aliphatic carbocycles. The highest BCUT2D eigenvalue weighted by molar-refractivity contribution is 5.73. The third kappa shape index (κ3) is 3.16. The topological polar surface area (TPSA) is 49.8 Å². The Labute approximate surface area is 123 Å². The Morgan fingerprint density at radius 1 is 1.19 bits per heavy atom. The molecule has 2 aromatic carbocycles. The molecule has 21 heavy (non-hydrogen) atoms. The molecule has 0 unspecified atom stereocenters. The number of rotatable bonds is 5. The van der Waals surface area contributed by atoms with Gasteiger partial charge in [-0.15, -0.1) is 0 Å². The van der Waals surface area contributed by atoms with Crippen LogP contribution in [0, 0.1) is 0 Å². The van der Waals surface area contributed by atoms with Crippen molar-refractivity contribution in [2.45, 2.75) is 13.0 Å². The van der Waals surface area contributed by atoms with Crippen LogP contribution in [0.3, 0.4) is 0 Å². The first-order valence-corrected chi connectivity index (χ1v) is 6.99. The van der Waals surface area contributed by atoms with E-state index in [4.69, 9.17) is 9.84 Å². The minimum absolute atomic E-state index is 0.0163. The summed E-state index contributed by atoms with van der Waals surface area (Å²) in [5, 5.41) is 9.12. The lowest BCUT2D eigenvalue weighted by Crippen LogP contribution is -2.29. The molecule has 0 atom stereocenters. The molecule has 0 spiro atoms. The molecule has 108 valence electrons. The Morgan fingerprint density at radius 2 is 2.00 bits per heavy atom. The van der Waals surface area contributed by atoms with E-state index in [1.807, 2.05) is 47.4 Å². The van der Waals surface area contributed by atoms with Gasteiger partial charge in [-0.1, -0.05) is 30.3 Å². The predicted octanol–water partition coefficient (Wildman–Crippen LogP) is 2.71. The highest BCUT2D eigenvalue weighted by Crippen LogP contribution is 2.27. The molecule has 1 N–H and O–H groups in total. The monoisotopic (exact) mass is 283 g/mol. The number of carboxylic acids is 1. The Balaban J connectivity index is 1.82. The van der Waals surface area contributed by atoms with Crippen molar-refractivity contribution in [2.75, 3.05) is 18.1 Å². The van der Waals surface area contributed by atoms with E-state index >= 15 is 0 Å². The summed E-state index contributed by atoms with van der Waals surface area (Å²) in [4.78, 5) is 13.0. The van der Waals surface area contributed by atoms with Gasteiger partial charge in [0.2, 0.25) is 0 Å². The molecule has 0 saturated heterocycles. The van der Waals surface area contributed by atoms with Crippen LogP contribution in [-0.4, -0.2) is 24.2 Å². The highest BCUT2D eigenvalue weighted by atomic mass is 16.5. The van der Waals surface area contributed by atoms with Gasteiger partial charge in [-0.25, -0.2) is 0 Å². The van der Waals surface area contributed by atoms with E-state index < -0.39 is 5.97 Å². The van der Waals surface area contributed by atoms with E-state index in [9.17, 15) is 4.79 Å². The van der Waals surface area contributed by atoms with Gasteiger partial charge in [0.25, 0.3) is 0 Å². The van der Waals surface area contributed by atoms with Crippen molar-refractivity contribution < 1.29 is 14.6 Å². The summed E-state index contributed by atoms with van der Waals surface area (Å²) in [5.41, 5.74) is 3.22. The molecule has 4 heteroatoms. The molecule has 1 aliphatic heterocycles. The number of carbonyl (C=O) groups is 1. The summed E-state index contributed by atoms with van der Waals surface area (Å²) in [6.45, 7) is 1.29. The second-order valence-electron chi connectivity index (χ2n) is 5.13. The lowest BCUT2D eigenvalue weighted by molar-refractivity contribution is -0.135. The highest BCUT2D eigenvalue weighted by Gasteiger charge is 2.15. The molecule has 3 rings (SSSR count). The van der Waals surface area contributed by atoms with E-state index in [0.29, 0.717) is 6.54 Å². The van der Waals surface area contributed by atoms with Crippen LogP contribution in [0.15, 0.2) is 48.5 Å². The van der Waals surface area contributed by atoms with Crippen LogP contribution in [0.1, 0.15) is 11.1 Å². The van der Waals surface area contributed by atoms with E-state index in [-0.39, 0.29) is 6.54 Å². The van der Waals surface area contributed by atoms with Crippen molar-refractivity contribution in [3.8, 4) is 5.75 Å². The lowest BCUT2D eigenvalue weighted by atomic mass is 10.1. The number of fused-ring (bicyclic) bond motifs is 1. The van der Waals surface area contributed by atoms with Crippen LogP contribution in [0.2, 0.25) is 0 Å². The SMILES string of the molecule is O=C(O)CN(Cc1ccc2c(c1)CCO2)c1ccccc1. The fourth-order valence-corrected chi connectivity index (χ4v) is 2.60. The number of hydrogen-bond donors (Lipinski definition) is 1. The van der Waals surface area contributed by atoms with Crippen molar-refractivity contribution in [3.63, 3.8) is 0 Å². The van der Waals surface area contributed by atoms with Crippen molar-refractivity contribution in [3.05, 3.63) is 59.7 Å². The predicted molar refractivity (Wildman–Crippen MR) is 80.8 cm³/mol. The number of nitrogens with zero attached hydrogens (tertiary/aromatic N) is 1. The van der Waals surface area contributed by atoms with Crippen LogP contribution < -0.4 is 9.64 Å². The fourth-order valence-electron chi connectivity index (χ4n) is 2.60. The molecule has 1 aliphatic rings. The Bertz CT molecular complexity index is 640. The summed E-state index contributed by atoms with van der Waals surface area (Å²) in [7, 11) is 0. The molecule has 0 radical (unpaired) electrons. The largest absolute Gasteiger partial charge is 0.493 e. The first-order valence-electron chi connectivity index (χ1n) is 6.99. The van der Waals surface area contributed by atoms with E-state index in [2.05, 4.69) is 6.07 Å². The third-order valence-electron chi connectivity index (χ3n) is 3.57. The number of benzene rings is 2. The lowest BCUT2D eigenvalue weighted by Gasteiger charge is -2.23. The van der Waals surface area contributed by atoms with Gasteiger partial charge in [-0.05, 0) is 29.3 Å². The molecule has 0 bridgehead atoms. The van der Waals surface area contributed by atoms with Crippen LogP contribution >= 0.6 is 0 Å². The zero-order valence-electron chi connectivity index (χ0n) is 11.7. The normalized spacial score (nSPS) is 12.6. The van der Waals surface area contributed by atoms with Crippen LogP contribution in [-0.2, 0) is 17.8 Å². The first-order chi connectivity index (χ1) is 10.2. The van der Waals surface area contributed by atoms with Gasteiger partial charge in [0.05, 0.1) is 6.61 Å². The van der Waals surface area contributed by atoms with E-state index in [1.165, 1.54) is 5.56 Å². The molecule has 1 heterocycles.